The van der Waals surface area contributed by atoms with Crippen LogP contribution in [0.2, 0.25) is 0 Å². The molecule has 218 valence electrons. The Kier molecular flexibility index (Phi) is 10.4. The highest BCUT2D eigenvalue weighted by atomic mass is 16.5. The number of carbonyl (C=O) groups excluding carboxylic acids is 3. The number of piperidine rings is 1. The molecule has 2 heterocycles. The van der Waals surface area contributed by atoms with Gasteiger partial charge in [-0.2, -0.15) is 0 Å². The van der Waals surface area contributed by atoms with E-state index in [2.05, 4.69) is 20.6 Å². The van der Waals surface area contributed by atoms with Crippen LogP contribution in [0.15, 0.2) is 36.8 Å². The number of nitrogens with zero attached hydrogens (tertiary/aromatic N) is 2. The zero-order chi connectivity index (χ0) is 28.4. The zero-order valence-corrected chi connectivity index (χ0v) is 23.7. The summed E-state index contributed by atoms with van der Waals surface area (Å²) in [6.07, 6.45) is 11.0. The Balaban J connectivity index is 1.43. The Morgan fingerprint density at radius 2 is 1.85 bits per heavy atom. The lowest BCUT2D eigenvalue weighted by atomic mass is 9.63. The van der Waals surface area contributed by atoms with Gasteiger partial charge in [-0.15, -0.1) is 0 Å². The van der Waals surface area contributed by atoms with Crippen LogP contribution < -0.4 is 15.4 Å². The number of aromatic nitrogens is 2. The van der Waals surface area contributed by atoms with Gasteiger partial charge in [0.05, 0.1) is 31.2 Å². The molecule has 1 unspecified atom stereocenters. The number of esters is 1. The van der Waals surface area contributed by atoms with Crippen molar-refractivity contribution in [2.75, 3.05) is 33.4 Å². The molecule has 1 aromatic carbocycles. The maximum absolute atomic E-state index is 13.8. The highest BCUT2D eigenvalue weighted by Crippen LogP contribution is 2.47. The van der Waals surface area contributed by atoms with Gasteiger partial charge in [-0.3, -0.25) is 9.59 Å². The van der Waals surface area contributed by atoms with E-state index in [-0.39, 0.29) is 11.9 Å². The number of carbonyl (C=O) groups is 3. The van der Waals surface area contributed by atoms with Crippen molar-refractivity contribution in [2.45, 2.75) is 70.8 Å². The number of rotatable bonds is 11. The maximum atomic E-state index is 13.8. The highest BCUT2D eigenvalue weighted by Gasteiger charge is 2.49. The van der Waals surface area contributed by atoms with Gasteiger partial charge in [0.2, 0.25) is 5.91 Å². The SMILES string of the molecule is CCOC(=O)C1(C2CCCCC2)CCN(C(=O)C(Cc2ccc(OC)cc2)NC(=O)NCCc2c[nH]cn2)CC1. The van der Waals surface area contributed by atoms with Crippen LogP contribution >= 0.6 is 0 Å². The summed E-state index contributed by atoms with van der Waals surface area (Å²) in [5.74, 6) is 0.772. The van der Waals surface area contributed by atoms with Gasteiger partial charge in [-0.1, -0.05) is 31.4 Å². The molecule has 3 N–H and O–H groups in total. The summed E-state index contributed by atoms with van der Waals surface area (Å²) in [6.45, 7) is 3.54. The van der Waals surface area contributed by atoms with Crippen molar-refractivity contribution < 1.29 is 23.9 Å². The number of nitrogens with one attached hydrogen (secondary N) is 3. The van der Waals surface area contributed by atoms with Crippen LogP contribution in [0.25, 0.3) is 0 Å². The van der Waals surface area contributed by atoms with Gasteiger partial charge in [-0.05, 0) is 56.2 Å². The predicted octanol–water partition coefficient (Wildman–Crippen LogP) is 3.62. The van der Waals surface area contributed by atoms with Crippen LogP contribution in [0.1, 0.15) is 63.1 Å². The van der Waals surface area contributed by atoms with E-state index in [9.17, 15) is 14.4 Å². The first-order valence-electron chi connectivity index (χ1n) is 14.6. The van der Waals surface area contributed by atoms with E-state index in [1.54, 1.807) is 24.5 Å². The predicted molar refractivity (Wildman–Crippen MR) is 151 cm³/mol. The molecule has 3 amide bonds. The molecule has 2 fully saturated rings. The number of benzene rings is 1. The molecule has 0 spiro atoms. The summed E-state index contributed by atoms with van der Waals surface area (Å²) >= 11 is 0. The van der Waals surface area contributed by atoms with Crippen LogP contribution in [-0.4, -0.2) is 72.2 Å². The molecule has 1 saturated carbocycles. The molecular weight excluding hydrogens is 510 g/mol. The minimum absolute atomic E-state index is 0.113. The minimum atomic E-state index is -0.747. The summed E-state index contributed by atoms with van der Waals surface area (Å²) in [5.41, 5.74) is 1.23. The number of aromatic amines is 1. The summed E-state index contributed by atoms with van der Waals surface area (Å²) in [4.78, 5) is 48.8. The summed E-state index contributed by atoms with van der Waals surface area (Å²) in [5, 5.41) is 5.75. The number of likely N-dealkylation sites (tertiary alicyclic amines) is 1. The molecule has 0 radical (unpaired) electrons. The number of H-pyrrole nitrogens is 1. The van der Waals surface area contributed by atoms with Crippen molar-refractivity contribution in [1.29, 1.82) is 0 Å². The van der Waals surface area contributed by atoms with Crippen LogP contribution in [-0.2, 0) is 27.2 Å². The second-order valence-corrected chi connectivity index (χ2v) is 10.9. The van der Waals surface area contributed by atoms with Gasteiger partial charge < -0.3 is 30.0 Å². The van der Waals surface area contributed by atoms with Crippen LogP contribution in [0.3, 0.4) is 0 Å². The number of ether oxygens (including phenoxy) is 2. The maximum Gasteiger partial charge on any atom is 0.315 e. The molecule has 10 nitrogen and oxygen atoms in total. The number of methoxy groups -OCH3 is 1. The van der Waals surface area contributed by atoms with Crippen molar-refractivity contribution in [3.8, 4) is 5.75 Å². The third kappa shape index (κ3) is 7.34. The number of imidazole rings is 1. The molecule has 1 aromatic heterocycles. The molecular formula is C30H43N5O5. The Morgan fingerprint density at radius 3 is 2.48 bits per heavy atom. The third-order valence-electron chi connectivity index (χ3n) is 8.46. The van der Waals surface area contributed by atoms with Crippen molar-refractivity contribution in [1.82, 2.24) is 25.5 Å². The Bertz CT molecular complexity index is 1090. The van der Waals surface area contributed by atoms with Crippen LogP contribution in [0, 0.1) is 11.3 Å². The highest BCUT2D eigenvalue weighted by molar-refractivity contribution is 5.88. The lowest BCUT2D eigenvalue weighted by molar-refractivity contribution is -0.166. The molecule has 2 aliphatic rings. The van der Waals surface area contributed by atoms with Gasteiger partial charge in [0, 0.05) is 38.7 Å². The molecule has 2 aromatic rings. The summed E-state index contributed by atoms with van der Waals surface area (Å²) in [7, 11) is 1.61. The molecule has 1 saturated heterocycles. The smallest absolute Gasteiger partial charge is 0.315 e. The first-order chi connectivity index (χ1) is 19.4. The van der Waals surface area contributed by atoms with Crippen molar-refractivity contribution in [3.63, 3.8) is 0 Å². The Labute approximate surface area is 236 Å². The van der Waals surface area contributed by atoms with Gasteiger partial charge in [0.15, 0.2) is 0 Å². The second-order valence-electron chi connectivity index (χ2n) is 10.9. The Morgan fingerprint density at radius 1 is 1.12 bits per heavy atom. The normalized spacial score (nSPS) is 18.0. The molecule has 1 aliphatic heterocycles. The largest absolute Gasteiger partial charge is 0.497 e. The fraction of sp³-hybridized carbons (Fsp3) is 0.600. The van der Waals surface area contributed by atoms with Crippen LogP contribution in [0.4, 0.5) is 4.79 Å². The van der Waals surface area contributed by atoms with Gasteiger partial charge in [-0.25, -0.2) is 9.78 Å². The summed E-state index contributed by atoms with van der Waals surface area (Å²) < 4.78 is 10.8. The molecule has 0 bridgehead atoms. The lowest BCUT2D eigenvalue weighted by Crippen LogP contribution is -2.56. The number of amides is 3. The van der Waals surface area contributed by atoms with Gasteiger partial charge in [0.1, 0.15) is 11.8 Å². The van der Waals surface area contributed by atoms with E-state index >= 15 is 0 Å². The standard InChI is InChI=1S/C30H43N5O5/c1-3-40-28(37)30(23-7-5-4-6-8-23)14-17-35(18-15-30)27(36)26(19-22-9-11-25(39-2)12-10-22)34-29(38)32-16-13-24-20-31-21-33-24/h9-12,20-21,23,26H,3-8,13-19H2,1-2H3,(H,31,33)(H2,32,34,38). The van der Waals surface area contributed by atoms with Crippen molar-refractivity contribution >= 4 is 17.9 Å². The van der Waals surface area contributed by atoms with Crippen molar-refractivity contribution in [3.05, 3.63) is 48.0 Å². The number of hydrogen-bond donors (Lipinski definition) is 3. The summed E-state index contributed by atoms with van der Waals surface area (Å²) in [6, 6.07) is 6.35. The minimum Gasteiger partial charge on any atom is -0.497 e. The van der Waals surface area contributed by atoms with Gasteiger partial charge in [0.25, 0.3) is 0 Å². The topological polar surface area (TPSA) is 126 Å². The molecule has 10 heteroatoms. The van der Waals surface area contributed by atoms with Gasteiger partial charge >= 0.3 is 12.0 Å². The van der Waals surface area contributed by atoms with E-state index in [4.69, 9.17) is 9.47 Å². The molecule has 1 aliphatic carbocycles. The fourth-order valence-corrected chi connectivity index (χ4v) is 6.19. The fourth-order valence-electron chi connectivity index (χ4n) is 6.19. The van der Waals surface area contributed by atoms with E-state index in [1.807, 2.05) is 31.2 Å². The van der Waals surface area contributed by atoms with Crippen molar-refractivity contribution in [2.24, 2.45) is 11.3 Å². The number of hydrogen-bond acceptors (Lipinski definition) is 6. The molecule has 4 rings (SSSR count). The third-order valence-corrected chi connectivity index (χ3v) is 8.46. The van der Waals surface area contributed by atoms with E-state index in [0.717, 1.165) is 42.7 Å². The Hall–Kier alpha value is -3.56. The molecule has 1 atom stereocenters. The van der Waals surface area contributed by atoms with E-state index < -0.39 is 17.5 Å². The number of urea groups is 1. The quantitative estimate of drug-likeness (QED) is 0.365. The zero-order valence-electron chi connectivity index (χ0n) is 23.7. The average Bonchev–Trinajstić information content (AvgIpc) is 3.51. The molecule has 40 heavy (non-hydrogen) atoms. The first-order valence-corrected chi connectivity index (χ1v) is 14.6. The van der Waals surface area contributed by atoms with E-state index in [0.29, 0.717) is 57.8 Å². The van der Waals surface area contributed by atoms with Crippen LogP contribution in [0.5, 0.6) is 5.75 Å². The average molecular weight is 554 g/mol. The lowest BCUT2D eigenvalue weighted by Gasteiger charge is -2.46. The monoisotopic (exact) mass is 553 g/mol. The second kappa shape index (κ2) is 14.2. The first kappa shape index (κ1) is 29.4. The van der Waals surface area contributed by atoms with E-state index in [1.165, 1.54) is 6.42 Å².